The number of methoxy groups -OCH3 is 1. The minimum absolute atomic E-state index is 0.0335. The summed E-state index contributed by atoms with van der Waals surface area (Å²) >= 11 is 0. The van der Waals surface area contributed by atoms with Gasteiger partial charge >= 0.3 is 5.97 Å². The molecule has 1 unspecified atom stereocenters. The Morgan fingerprint density at radius 2 is 1.86 bits per heavy atom. The van der Waals surface area contributed by atoms with E-state index >= 15 is 0 Å². The van der Waals surface area contributed by atoms with Gasteiger partial charge in [0, 0.05) is 11.3 Å². The van der Waals surface area contributed by atoms with Gasteiger partial charge in [-0.2, -0.15) is 0 Å². The summed E-state index contributed by atoms with van der Waals surface area (Å²) in [4.78, 5) is 31.7. The smallest absolute Gasteiger partial charge is 0.308 e. The maximum atomic E-state index is 13.5. The molecule has 1 heterocycles. The summed E-state index contributed by atoms with van der Waals surface area (Å²) in [5.74, 6) is -0.509. The van der Waals surface area contributed by atoms with Crippen LogP contribution in [0.5, 0.6) is 0 Å². The van der Waals surface area contributed by atoms with Crippen LogP contribution in [0.2, 0.25) is 0 Å². The topological polar surface area (TPSA) is 67.9 Å². The van der Waals surface area contributed by atoms with Crippen molar-refractivity contribution in [1.29, 1.82) is 0 Å². The first kappa shape index (κ1) is 18.5. The molecule has 0 saturated heterocycles. The number of anilines is 1. The van der Waals surface area contributed by atoms with Gasteiger partial charge in [0.1, 0.15) is 12.1 Å². The molecule has 1 N–H and O–H groups in total. The summed E-state index contributed by atoms with van der Waals surface area (Å²) < 4.78 is 4.89. The number of benzene rings is 2. The lowest BCUT2D eigenvalue weighted by Gasteiger charge is -2.43. The van der Waals surface area contributed by atoms with E-state index in [-0.39, 0.29) is 24.9 Å². The first-order valence-electron chi connectivity index (χ1n) is 9.57. The van der Waals surface area contributed by atoms with Gasteiger partial charge in [-0.25, -0.2) is 5.06 Å². The minimum Gasteiger partial charge on any atom is -0.469 e. The second kappa shape index (κ2) is 7.64. The number of para-hydroxylation sites is 1. The lowest BCUT2D eigenvalue weighted by molar-refractivity contribution is -0.215. The quantitative estimate of drug-likeness (QED) is 0.803. The van der Waals surface area contributed by atoms with Crippen LogP contribution in [-0.4, -0.2) is 29.6 Å². The van der Waals surface area contributed by atoms with Crippen molar-refractivity contribution >= 4 is 17.6 Å². The van der Waals surface area contributed by atoms with E-state index in [1.165, 1.54) is 12.2 Å². The summed E-state index contributed by atoms with van der Waals surface area (Å²) in [7, 11) is 1.35. The highest BCUT2D eigenvalue weighted by atomic mass is 16.7. The van der Waals surface area contributed by atoms with Crippen molar-refractivity contribution in [2.24, 2.45) is 0 Å². The Hall–Kier alpha value is -2.86. The largest absolute Gasteiger partial charge is 0.469 e. The number of carbonyl (C=O) groups excluding carboxylic acids is 2. The molecule has 2 aromatic rings. The van der Waals surface area contributed by atoms with Crippen LogP contribution in [0.25, 0.3) is 0 Å². The number of carbonyl (C=O) groups is 2. The zero-order chi connectivity index (χ0) is 19.6. The highest BCUT2D eigenvalue weighted by Crippen LogP contribution is 2.45. The monoisotopic (exact) mass is 380 g/mol. The van der Waals surface area contributed by atoms with Crippen molar-refractivity contribution in [3.8, 4) is 0 Å². The number of nitrogens with one attached hydrogen (secondary N) is 1. The third-order valence-electron chi connectivity index (χ3n) is 5.59. The van der Waals surface area contributed by atoms with Crippen LogP contribution in [0.1, 0.15) is 42.9 Å². The Kier molecular flexibility index (Phi) is 5.05. The van der Waals surface area contributed by atoms with Crippen LogP contribution in [0.4, 0.5) is 5.69 Å². The van der Waals surface area contributed by atoms with Crippen LogP contribution in [0.3, 0.4) is 0 Å². The normalized spacial score (nSPS) is 20.0. The Morgan fingerprint density at radius 1 is 1.14 bits per heavy atom. The van der Waals surface area contributed by atoms with Crippen LogP contribution in [0.15, 0.2) is 54.6 Å². The van der Waals surface area contributed by atoms with E-state index in [0.717, 1.165) is 36.1 Å². The fraction of sp³-hybridized carbons (Fsp3) is 0.364. The Morgan fingerprint density at radius 3 is 2.54 bits per heavy atom. The average molecular weight is 380 g/mol. The zero-order valence-electron chi connectivity index (χ0n) is 15.9. The van der Waals surface area contributed by atoms with E-state index in [4.69, 9.17) is 9.57 Å². The molecule has 1 amide bonds. The van der Waals surface area contributed by atoms with Crippen molar-refractivity contribution in [2.45, 2.75) is 43.9 Å². The number of nitrogens with zero attached hydrogens (tertiary/aromatic N) is 1. The molecular weight excluding hydrogens is 356 g/mol. The minimum atomic E-state index is -0.669. The number of esters is 1. The van der Waals surface area contributed by atoms with Crippen LogP contribution in [-0.2, 0) is 25.8 Å². The molecule has 0 radical (unpaired) electrons. The lowest BCUT2D eigenvalue weighted by atomic mass is 9.76. The van der Waals surface area contributed by atoms with E-state index in [1.807, 2.05) is 54.6 Å². The number of ether oxygens (including phenoxy) is 1. The van der Waals surface area contributed by atoms with E-state index < -0.39 is 11.6 Å². The van der Waals surface area contributed by atoms with Crippen molar-refractivity contribution < 1.29 is 19.2 Å². The highest BCUT2D eigenvalue weighted by Gasteiger charge is 2.51. The maximum absolute atomic E-state index is 13.5. The second-order valence-corrected chi connectivity index (χ2v) is 7.33. The second-order valence-electron chi connectivity index (χ2n) is 7.33. The Balaban J connectivity index is 1.71. The molecule has 1 aliphatic heterocycles. The van der Waals surface area contributed by atoms with Gasteiger partial charge in [0.05, 0.1) is 19.6 Å². The summed E-state index contributed by atoms with van der Waals surface area (Å²) in [5.41, 5.74) is 2.02. The van der Waals surface area contributed by atoms with Crippen LogP contribution < -0.4 is 5.32 Å². The summed E-state index contributed by atoms with van der Waals surface area (Å²) in [5, 5.41) is 4.85. The molecular formula is C22H24N2O4. The van der Waals surface area contributed by atoms with Gasteiger partial charge in [-0.15, -0.1) is 0 Å². The van der Waals surface area contributed by atoms with Gasteiger partial charge in [-0.1, -0.05) is 48.5 Å². The highest BCUT2D eigenvalue weighted by molar-refractivity contribution is 5.92. The molecule has 1 saturated carbocycles. The molecule has 1 spiro atoms. The zero-order valence-corrected chi connectivity index (χ0v) is 15.9. The first-order chi connectivity index (χ1) is 13.6. The van der Waals surface area contributed by atoms with Gasteiger partial charge in [0.2, 0.25) is 0 Å². The number of amides is 1. The first-order valence-corrected chi connectivity index (χ1v) is 9.57. The van der Waals surface area contributed by atoms with Crippen molar-refractivity contribution in [1.82, 2.24) is 5.06 Å². The van der Waals surface area contributed by atoms with E-state index in [9.17, 15) is 9.59 Å². The molecule has 2 aromatic carbocycles. The number of hydrogen-bond acceptors (Lipinski definition) is 5. The summed E-state index contributed by atoms with van der Waals surface area (Å²) in [6.07, 6.45) is 2.51. The molecule has 1 atom stereocenters. The van der Waals surface area contributed by atoms with Crippen molar-refractivity contribution in [3.63, 3.8) is 0 Å². The molecule has 0 aromatic heterocycles. The fourth-order valence-electron chi connectivity index (χ4n) is 3.86. The Bertz CT molecular complexity index is 864. The predicted octanol–water partition coefficient (Wildman–Crippen LogP) is 3.60. The Labute approximate surface area is 164 Å². The summed E-state index contributed by atoms with van der Waals surface area (Å²) in [6.45, 7) is 0.252. The third kappa shape index (κ3) is 3.36. The SMILES string of the molecule is COC(=O)CC1c2ccccc2NC2(CCC2)C(=O)N1OCc1ccccc1. The fourth-order valence-corrected chi connectivity index (χ4v) is 3.86. The molecule has 2 aliphatic rings. The standard InChI is InChI=1S/C22H24N2O4/c1-27-20(25)14-19-17-10-5-6-11-18(17)23-22(12-7-13-22)21(26)24(19)28-15-16-8-3-2-4-9-16/h2-6,8-11,19,23H,7,12-15H2,1H3. The number of hydrogen-bond donors (Lipinski definition) is 1. The van der Waals surface area contributed by atoms with Crippen molar-refractivity contribution in [2.75, 3.05) is 12.4 Å². The molecule has 6 heteroatoms. The lowest BCUT2D eigenvalue weighted by Crippen LogP contribution is -2.57. The molecule has 6 nitrogen and oxygen atoms in total. The number of hydroxylamine groups is 2. The van der Waals surface area contributed by atoms with Gasteiger partial charge in [0.15, 0.2) is 0 Å². The molecule has 146 valence electrons. The molecule has 1 fully saturated rings. The molecule has 4 rings (SSSR count). The van der Waals surface area contributed by atoms with Gasteiger partial charge < -0.3 is 10.1 Å². The van der Waals surface area contributed by atoms with E-state index in [1.54, 1.807) is 0 Å². The van der Waals surface area contributed by atoms with Gasteiger partial charge in [0.25, 0.3) is 5.91 Å². The van der Waals surface area contributed by atoms with Crippen molar-refractivity contribution in [3.05, 3.63) is 65.7 Å². The average Bonchev–Trinajstić information content (AvgIpc) is 2.80. The van der Waals surface area contributed by atoms with E-state index in [2.05, 4.69) is 5.32 Å². The number of fused-ring (bicyclic) bond motifs is 1. The van der Waals surface area contributed by atoms with Gasteiger partial charge in [-0.05, 0) is 30.9 Å². The van der Waals surface area contributed by atoms with Gasteiger partial charge in [-0.3, -0.25) is 14.4 Å². The molecule has 0 bridgehead atoms. The molecule has 28 heavy (non-hydrogen) atoms. The number of rotatable bonds is 5. The van der Waals surface area contributed by atoms with E-state index in [0.29, 0.717) is 0 Å². The summed E-state index contributed by atoms with van der Waals surface area (Å²) in [6, 6.07) is 16.9. The predicted molar refractivity (Wildman–Crippen MR) is 104 cm³/mol. The third-order valence-corrected chi connectivity index (χ3v) is 5.59. The van der Waals surface area contributed by atoms with Crippen LogP contribution >= 0.6 is 0 Å². The maximum Gasteiger partial charge on any atom is 0.308 e. The molecule has 1 aliphatic carbocycles. The van der Waals surface area contributed by atoms with Crippen LogP contribution in [0, 0.1) is 0 Å².